The van der Waals surface area contributed by atoms with Crippen molar-refractivity contribution < 1.29 is 5.11 Å². The van der Waals surface area contributed by atoms with Gasteiger partial charge in [-0.1, -0.05) is 13.3 Å². The van der Waals surface area contributed by atoms with Crippen molar-refractivity contribution >= 4 is 0 Å². The molecule has 0 aromatic heterocycles. The van der Waals surface area contributed by atoms with Crippen molar-refractivity contribution in [2.45, 2.75) is 44.6 Å². The van der Waals surface area contributed by atoms with Crippen molar-refractivity contribution in [3.05, 3.63) is 0 Å². The Morgan fingerprint density at radius 1 is 1.58 bits per heavy atom. The lowest BCUT2D eigenvalue weighted by Gasteiger charge is -2.28. The van der Waals surface area contributed by atoms with Gasteiger partial charge in [-0.05, 0) is 38.6 Å². The Hall–Kier alpha value is -0.0800. The van der Waals surface area contributed by atoms with Gasteiger partial charge < -0.3 is 10.4 Å². The van der Waals surface area contributed by atoms with E-state index in [1.54, 1.807) is 0 Å². The number of aliphatic hydroxyl groups is 1. The lowest BCUT2D eigenvalue weighted by Crippen LogP contribution is -2.41. The average molecular weight is 171 g/mol. The smallest absolute Gasteiger partial charge is 0.0448 e. The van der Waals surface area contributed by atoms with Crippen LogP contribution in [0.25, 0.3) is 0 Å². The molecule has 0 saturated heterocycles. The fourth-order valence-electron chi connectivity index (χ4n) is 2.38. The molecule has 0 amide bonds. The molecule has 1 saturated carbocycles. The van der Waals surface area contributed by atoms with E-state index in [0.717, 1.165) is 12.3 Å². The number of nitrogens with one attached hydrogen (secondary N) is 1. The van der Waals surface area contributed by atoms with E-state index >= 15 is 0 Å². The maximum absolute atomic E-state index is 8.94. The van der Waals surface area contributed by atoms with Gasteiger partial charge in [0.2, 0.25) is 0 Å². The fraction of sp³-hybridized carbons (Fsp3) is 1.00. The Labute approximate surface area is 75.4 Å². The molecule has 2 atom stereocenters. The number of hydrogen-bond donors (Lipinski definition) is 2. The predicted molar refractivity (Wildman–Crippen MR) is 51.1 cm³/mol. The minimum Gasteiger partial charge on any atom is -0.396 e. The quantitative estimate of drug-likeness (QED) is 0.672. The standard InChI is InChI=1S/C10H21NO/c1-3-9-4-5-10(8-9,11-2)6-7-12/h9,11-12H,3-8H2,1-2H3. The molecule has 2 nitrogen and oxygen atoms in total. The lowest BCUT2D eigenvalue weighted by molar-refractivity contribution is 0.214. The summed E-state index contributed by atoms with van der Waals surface area (Å²) in [4.78, 5) is 0. The zero-order valence-corrected chi connectivity index (χ0v) is 8.27. The van der Waals surface area contributed by atoms with E-state index in [1.165, 1.54) is 25.7 Å². The highest BCUT2D eigenvalue weighted by molar-refractivity contribution is 4.94. The summed E-state index contributed by atoms with van der Waals surface area (Å²) in [5, 5.41) is 12.3. The average Bonchev–Trinajstić information content (AvgIpc) is 2.50. The molecule has 1 fully saturated rings. The minimum absolute atomic E-state index is 0.259. The van der Waals surface area contributed by atoms with Gasteiger partial charge >= 0.3 is 0 Å². The third-order valence-electron chi connectivity index (χ3n) is 3.41. The molecule has 72 valence electrons. The third kappa shape index (κ3) is 1.99. The van der Waals surface area contributed by atoms with E-state index in [2.05, 4.69) is 12.2 Å². The van der Waals surface area contributed by atoms with Gasteiger partial charge in [-0.25, -0.2) is 0 Å². The summed E-state index contributed by atoms with van der Waals surface area (Å²) in [5.74, 6) is 0.879. The van der Waals surface area contributed by atoms with E-state index in [0.29, 0.717) is 6.61 Å². The van der Waals surface area contributed by atoms with Crippen LogP contribution in [0.5, 0.6) is 0 Å². The van der Waals surface area contributed by atoms with Crippen LogP contribution >= 0.6 is 0 Å². The SMILES string of the molecule is CCC1CCC(CCO)(NC)C1. The molecule has 2 heteroatoms. The summed E-state index contributed by atoms with van der Waals surface area (Å²) in [6.45, 7) is 2.58. The molecule has 0 bridgehead atoms. The summed E-state index contributed by atoms with van der Waals surface area (Å²) >= 11 is 0. The fourth-order valence-corrected chi connectivity index (χ4v) is 2.38. The van der Waals surface area contributed by atoms with Gasteiger partial charge in [-0.3, -0.25) is 0 Å². The van der Waals surface area contributed by atoms with Gasteiger partial charge in [0.05, 0.1) is 0 Å². The molecule has 12 heavy (non-hydrogen) atoms. The summed E-state index contributed by atoms with van der Waals surface area (Å²) in [5.41, 5.74) is 0.259. The highest BCUT2D eigenvalue weighted by Gasteiger charge is 2.36. The summed E-state index contributed by atoms with van der Waals surface area (Å²) in [6, 6.07) is 0. The second-order valence-corrected chi connectivity index (χ2v) is 4.02. The highest BCUT2D eigenvalue weighted by Crippen LogP contribution is 2.37. The molecule has 1 aliphatic rings. The molecule has 2 unspecified atom stereocenters. The van der Waals surface area contributed by atoms with Crippen molar-refractivity contribution in [1.29, 1.82) is 0 Å². The van der Waals surface area contributed by atoms with E-state index in [-0.39, 0.29) is 5.54 Å². The Kier molecular flexibility index (Phi) is 3.53. The first-order valence-corrected chi connectivity index (χ1v) is 5.06. The molecular weight excluding hydrogens is 150 g/mol. The molecule has 1 rings (SSSR count). The van der Waals surface area contributed by atoms with Gasteiger partial charge in [-0.15, -0.1) is 0 Å². The molecule has 2 N–H and O–H groups in total. The van der Waals surface area contributed by atoms with Gasteiger partial charge in [0.1, 0.15) is 0 Å². The van der Waals surface area contributed by atoms with Crippen molar-refractivity contribution in [1.82, 2.24) is 5.32 Å². The zero-order valence-electron chi connectivity index (χ0n) is 8.27. The summed E-state index contributed by atoms with van der Waals surface area (Å²) in [6.07, 6.45) is 6.02. The van der Waals surface area contributed by atoms with Crippen LogP contribution in [-0.4, -0.2) is 24.3 Å². The Bertz CT molecular complexity index is 138. The van der Waals surface area contributed by atoms with Crippen LogP contribution in [0.4, 0.5) is 0 Å². The molecule has 0 aliphatic heterocycles. The Morgan fingerprint density at radius 3 is 2.75 bits per heavy atom. The largest absolute Gasteiger partial charge is 0.396 e. The molecule has 1 aliphatic carbocycles. The topological polar surface area (TPSA) is 32.3 Å². The van der Waals surface area contributed by atoms with Gasteiger partial charge in [0, 0.05) is 12.1 Å². The number of hydrogen-bond acceptors (Lipinski definition) is 2. The van der Waals surface area contributed by atoms with Crippen molar-refractivity contribution in [3.8, 4) is 0 Å². The second-order valence-electron chi connectivity index (χ2n) is 4.02. The van der Waals surface area contributed by atoms with Crippen LogP contribution in [0.3, 0.4) is 0 Å². The van der Waals surface area contributed by atoms with Crippen molar-refractivity contribution in [2.75, 3.05) is 13.7 Å². The molecule has 0 aromatic rings. The summed E-state index contributed by atoms with van der Waals surface area (Å²) in [7, 11) is 2.02. The first-order valence-electron chi connectivity index (χ1n) is 5.06. The number of rotatable bonds is 4. The van der Waals surface area contributed by atoms with Crippen LogP contribution in [-0.2, 0) is 0 Å². The third-order valence-corrected chi connectivity index (χ3v) is 3.41. The minimum atomic E-state index is 0.259. The van der Waals surface area contributed by atoms with E-state index in [9.17, 15) is 0 Å². The first-order chi connectivity index (χ1) is 5.76. The van der Waals surface area contributed by atoms with Crippen LogP contribution in [0.2, 0.25) is 0 Å². The van der Waals surface area contributed by atoms with Crippen LogP contribution in [0.15, 0.2) is 0 Å². The first kappa shape index (κ1) is 10.0. The monoisotopic (exact) mass is 171 g/mol. The molecule has 0 radical (unpaired) electrons. The molecule has 0 aromatic carbocycles. The predicted octanol–water partition coefficient (Wildman–Crippen LogP) is 1.54. The molecule has 0 spiro atoms. The summed E-state index contributed by atoms with van der Waals surface area (Å²) < 4.78 is 0. The second kappa shape index (κ2) is 4.24. The van der Waals surface area contributed by atoms with Crippen LogP contribution in [0, 0.1) is 5.92 Å². The van der Waals surface area contributed by atoms with E-state index in [4.69, 9.17) is 5.11 Å². The maximum Gasteiger partial charge on any atom is 0.0448 e. The van der Waals surface area contributed by atoms with Crippen molar-refractivity contribution in [3.63, 3.8) is 0 Å². The van der Waals surface area contributed by atoms with E-state index < -0.39 is 0 Å². The number of aliphatic hydroxyl groups excluding tert-OH is 1. The highest BCUT2D eigenvalue weighted by atomic mass is 16.3. The normalized spacial score (nSPS) is 35.8. The van der Waals surface area contributed by atoms with Gasteiger partial charge in [0.25, 0.3) is 0 Å². The van der Waals surface area contributed by atoms with Gasteiger partial charge in [-0.2, -0.15) is 0 Å². The zero-order chi connectivity index (χ0) is 9.03. The lowest BCUT2D eigenvalue weighted by atomic mass is 9.92. The van der Waals surface area contributed by atoms with Crippen LogP contribution < -0.4 is 5.32 Å². The molecule has 0 heterocycles. The van der Waals surface area contributed by atoms with Gasteiger partial charge in [0.15, 0.2) is 0 Å². The van der Waals surface area contributed by atoms with Crippen molar-refractivity contribution in [2.24, 2.45) is 5.92 Å². The maximum atomic E-state index is 8.94. The molecular formula is C10H21NO. The Morgan fingerprint density at radius 2 is 2.33 bits per heavy atom. The van der Waals surface area contributed by atoms with E-state index in [1.807, 2.05) is 7.05 Å². The van der Waals surface area contributed by atoms with Crippen LogP contribution in [0.1, 0.15) is 39.0 Å². The Balaban J connectivity index is 2.47.